The molecule has 0 aromatic heterocycles. The van der Waals surface area contributed by atoms with Crippen molar-refractivity contribution >= 4 is 11.0 Å². The van der Waals surface area contributed by atoms with Gasteiger partial charge in [0.15, 0.2) is 0 Å². The first kappa shape index (κ1) is 20.4. The molecule has 2 aromatic carbocycles. The zero-order valence-electron chi connectivity index (χ0n) is 14.0. The first-order valence-electron chi connectivity index (χ1n) is 7.80. The molecule has 2 aromatic rings. The highest BCUT2D eigenvalue weighted by molar-refractivity contribution is 7.83. The van der Waals surface area contributed by atoms with Crippen molar-refractivity contribution in [1.82, 2.24) is 4.72 Å². The Bertz CT molecular complexity index is 654. The van der Waals surface area contributed by atoms with Gasteiger partial charge in [0.25, 0.3) is 0 Å². The van der Waals surface area contributed by atoms with Gasteiger partial charge in [-0.25, -0.2) is 8.93 Å². The van der Waals surface area contributed by atoms with E-state index >= 15 is 0 Å². The van der Waals surface area contributed by atoms with Crippen molar-refractivity contribution in [3.05, 3.63) is 65.2 Å². The Hall–Kier alpha value is -1.66. The molecule has 1 unspecified atom stereocenters. The van der Waals surface area contributed by atoms with E-state index in [9.17, 15) is 17.4 Å². The lowest BCUT2D eigenvalue weighted by Crippen LogP contribution is -2.17. The van der Waals surface area contributed by atoms with Crippen LogP contribution >= 0.6 is 0 Å². The standard InChI is InChI=1S/C16H16F3NOS.C2H6/c1-2-12-6-8-15(9-7-12)22(21)20-11-13-4-3-5-14(10-13)16(17,18)19;1-2/h3-10,20H,2,11H2,1H3;1-2H3. The fraction of sp³-hybridized carbons (Fsp3) is 0.333. The zero-order chi connectivity index (χ0) is 18.2. The summed E-state index contributed by atoms with van der Waals surface area (Å²) in [5, 5.41) is 0. The van der Waals surface area contributed by atoms with Gasteiger partial charge in [-0.15, -0.1) is 0 Å². The van der Waals surface area contributed by atoms with Gasteiger partial charge in [0, 0.05) is 6.54 Å². The van der Waals surface area contributed by atoms with Crippen LogP contribution in [-0.2, 0) is 30.1 Å². The predicted molar refractivity (Wildman–Crippen MR) is 91.9 cm³/mol. The molecular weight excluding hydrogens is 335 g/mol. The zero-order valence-corrected chi connectivity index (χ0v) is 14.8. The number of benzene rings is 2. The Balaban J connectivity index is 0.00000139. The monoisotopic (exact) mass is 357 g/mol. The van der Waals surface area contributed by atoms with Crippen molar-refractivity contribution < 1.29 is 17.4 Å². The molecule has 0 spiro atoms. The van der Waals surface area contributed by atoms with Crippen LogP contribution < -0.4 is 4.72 Å². The van der Waals surface area contributed by atoms with Crippen molar-refractivity contribution in [2.75, 3.05) is 0 Å². The van der Waals surface area contributed by atoms with E-state index in [0.29, 0.717) is 10.5 Å². The van der Waals surface area contributed by atoms with Crippen molar-refractivity contribution in [3.8, 4) is 0 Å². The van der Waals surface area contributed by atoms with Crippen molar-refractivity contribution in [1.29, 1.82) is 0 Å². The highest BCUT2D eigenvalue weighted by Crippen LogP contribution is 2.29. The van der Waals surface area contributed by atoms with E-state index in [4.69, 9.17) is 0 Å². The lowest BCUT2D eigenvalue weighted by atomic mass is 10.1. The molecule has 0 saturated heterocycles. The smallest absolute Gasteiger partial charge is 0.237 e. The lowest BCUT2D eigenvalue weighted by Gasteiger charge is -2.09. The van der Waals surface area contributed by atoms with Gasteiger partial charge in [0.05, 0.1) is 10.5 Å². The molecule has 6 heteroatoms. The van der Waals surface area contributed by atoms with E-state index in [1.54, 1.807) is 18.2 Å². The molecule has 0 aliphatic rings. The Kier molecular flexibility index (Phi) is 8.15. The number of hydrogen-bond acceptors (Lipinski definition) is 1. The molecule has 1 N–H and O–H groups in total. The molecule has 0 aliphatic carbocycles. The topological polar surface area (TPSA) is 29.1 Å². The third-order valence-electron chi connectivity index (χ3n) is 3.21. The van der Waals surface area contributed by atoms with Crippen LogP contribution in [0.15, 0.2) is 53.4 Å². The Labute approximate surface area is 143 Å². The third kappa shape index (κ3) is 6.09. The summed E-state index contributed by atoms with van der Waals surface area (Å²) in [6.45, 7) is 6.13. The van der Waals surface area contributed by atoms with Crippen molar-refractivity contribution in [2.24, 2.45) is 0 Å². The van der Waals surface area contributed by atoms with Crippen LogP contribution in [0.25, 0.3) is 0 Å². The quantitative estimate of drug-likeness (QED) is 0.792. The van der Waals surface area contributed by atoms with Gasteiger partial charge in [-0.1, -0.05) is 51.1 Å². The van der Waals surface area contributed by atoms with Crippen LogP contribution in [0.3, 0.4) is 0 Å². The van der Waals surface area contributed by atoms with E-state index in [1.807, 2.05) is 32.9 Å². The summed E-state index contributed by atoms with van der Waals surface area (Å²) in [5.74, 6) is 0. The second kappa shape index (κ2) is 9.59. The van der Waals surface area contributed by atoms with Gasteiger partial charge in [-0.05, 0) is 35.7 Å². The second-order valence-corrected chi connectivity index (χ2v) is 6.08. The minimum Gasteiger partial charge on any atom is -0.237 e. The first-order chi connectivity index (χ1) is 11.4. The molecular formula is C18H22F3NOS. The Morgan fingerprint density at radius 2 is 1.62 bits per heavy atom. The largest absolute Gasteiger partial charge is 0.416 e. The van der Waals surface area contributed by atoms with Gasteiger partial charge >= 0.3 is 6.18 Å². The number of nitrogens with one attached hydrogen (secondary N) is 1. The van der Waals surface area contributed by atoms with Gasteiger partial charge in [0.1, 0.15) is 11.0 Å². The molecule has 132 valence electrons. The molecule has 0 fully saturated rings. The second-order valence-electron chi connectivity index (χ2n) is 4.79. The van der Waals surface area contributed by atoms with Gasteiger partial charge in [-0.3, -0.25) is 0 Å². The molecule has 0 heterocycles. The van der Waals surface area contributed by atoms with Crippen LogP contribution in [-0.4, -0.2) is 4.21 Å². The van der Waals surface area contributed by atoms with Crippen LogP contribution in [0.2, 0.25) is 0 Å². The van der Waals surface area contributed by atoms with Crippen LogP contribution in [0, 0.1) is 0 Å². The third-order valence-corrected chi connectivity index (χ3v) is 4.31. The molecule has 0 saturated carbocycles. The van der Waals surface area contributed by atoms with E-state index in [2.05, 4.69) is 4.72 Å². The molecule has 1 atom stereocenters. The van der Waals surface area contributed by atoms with E-state index in [1.165, 1.54) is 6.07 Å². The summed E-state index contributed by atoms with van der Waals surface area (Å²) < 4.78 is 52.7. The molecule has 2 nitrogen and oxygen atoms in total. The average molecular weight is 357 g/mol. The van der Waals surface area contributed by atoms with Crippen LogP contribution in [0.1, 0.15) is 37.5 Å². The van der Waals surface area contributed by atoms with Crippen molar-refractivity contribution in [3.63, 3.8) is 0 Å². The molecule has 0 bridgehead atoms. The maximum atomic E-state index is 12.6. The van der Waals surface area contributed by atoms with Crippen molar-refractivity contribution in [2.45, 2.75) is 44.8 Å². The van der Waals surface area contributed by atoms with E-state index in [-0.39, 0.29) is 6.54 Å². The molecule has 2 rings (SSSR count). The summed E-state index contributed by atoms with van der Waals surface area (Å²) in [6.07, 6.45) is -3.48. The highest BCUT2D eigenvalue weighted by Gasteiger charge is 2.30. The van der Waals surface area contributed by atoms with Gasteiger partial charge in [0.2, 0.25) is 0 Å². The fourth-order valence-electron chi connectivity index (χ4n) is 1.94. The summed E-state index contributed by atoms with van der Waals surface area (Å²) in [5.41, 5.74) is 0.872. The maximum absolute atomic E-state index is 12.6. The summed E-state index contributed by atoms with van der Waals surface area (Å²) >= 11 is 0. The summed E-state index contributed by atoms with van der Waals surface area (Å²) in [7, 11) is -1.45. The molecule has 0 aliphatic heterocycles. The van der Waals surface area contributed by atoms with Crippen LogP contribution in [0.5, 0.6) is 0 Å². The first-order valence-corrected chi connectivity index (χ1v) is 8.95. The summed E-state index contributed by atoms with van der Waals surface area (Å²) in [6, 6.07) is 12.3. The number of hydrogen-bond donors (Lipinski definition) is 1. The number of aryl methyl sites for hydroxylation is 1. The summed E-state index contributed by atoms with van der Waals surface area (Å²) in [4.78, 5) is 0.601. The van der Waals surface area contributed by atoms with Gasteiger partial charge in [-0.2, -0.15) is 13.2 Å². The van der Waals surface area contributed by atoms with E-state index in [0.717, 1.165) is 24.1 Å². The number of alkyl halides is 3. The lowest BCUT2D eigenvalue weighted by molar-refractivity contribution is -0.137. The maximum Gasteiger partial charge on any atom is 0.416 e. The fourth-order valence-corrected chi connectivity index (χ4v) is 2.79. The van der Waals surface area contributed by atoms with Crippen LogP contribution in [0.4, 0.5) is 13.2 Å². The minimum atomic E-state index is -4.37. The predicted octanol–water partition coefficient (Wildman–Crippen LogP) is 5.11. The minimum absolute atomic E-state index is 0.103. The SMILES string of the molecule is CC.CCc1ccc(S(=O)NCc2cccc(C(F)(F)F)c2)cc1. The molecule has 24 heavy (non-hydrogen) atoms. The van der Waals surface area contributed by atoms with E-state index < -0.39 is 22.7 Å². The Morgan fingerprint density at radius 1 is 1.00 bits per heavy atom. The highest BCUT2D eigenvalue weighted by atomic mass is 32.2. The number of halogens is 3. The number of rotatable bonds is 5. The average Bonchev–Trinajstić information content (AvgIpc) is 2.61. The molecule has 0 radical (unpaired) electrons. The molecule has 0 amide bonds. The Morgan fingerprint density at radius 3 is 2.17 bits per heavy atom. The van der Waals surface area contributed by atoms with Gasteiger partial charge < -0.3 is 0 Å². The normalized spacial score (nSPS) is 12.2.